The van der Waals surface area contributed by atoms with E-state index < -0.39 is 0 Å². The predicted octanol–water partition coefficient (Wildman–Crippen LogP) is 2.95. The zero-order chi connectivity index (χ0) is 11.1. The smallest absolute Gasteiger partial charge is 0.0708 e. The minimum atomic E-state index is 0.187. The predicted molar refractivity (Wildman–Crippen MR) is 66.1 cm³/mol. The van der Waals surface area contributed by atoms with Crippen molar-refractivity contribution in [1.82, 2.24) is 4.98 Å². The van der Waals surface area contributed by atoms with Crippen LogP contribution in [0.3, 0.4) is 0 Å². The van der Waals surface area contributed by atoms with E-state index in [2.05, 4.69) is 29.2 Å². The van der Waals surface area contributed by atoms with Gasteiger partial charge in [0.15, 0.2) is 0 Å². The molecule has 0 bridgehead atoms. The van der Waals surface area contributed by atoms with Crippen molar-refractivity contribution in [3.63, 3.8) is 0 Å². The van der Waals surface area contributed by atoms with Crippen LogP contribution in [0.5, 0.6) is 0 Å². The molecule has 1 atom stereocenters. The summed E-state index contributed by atoms with van der Waals surface area (Å²) in [6.07, 6.45) is 2.55. The number of hydrogen-bond acceptors (Lipinski definition) is 2. The molecule has 3 rings (SSSR count). The summed E-state index contributed by atoms with van der Waals surface area (Å²) in [5, 5.41) is 1.22. The molecule has 82 valence electrons. The molecule has 2 N–H and O–H groups in total. The lowest BCUT2D eigenvalue weighted by Gasteiger charge is -2.14. The summed E-state index contributed by atoms with van der Waals surface area (Å²) >= 11 is 0. The molecule has 16 heavy (non-hydrogen) atoms. The van der Waals surface area contributed by atoms with Gasteiger partial charge in [-0.1, -0.05) is 18.2 Å². The fourth-order valence-electron chi connectivity index (χ4n) is 2.33. The Bertz CT molecular complexity index is 529. The molecule has 1 aliphatic carbocycles. The standard InChI is InChI=1S/C14H16N2/c1-9-8-12(14(15)10-6-7-10)11-4-2-3-5-13(11)16-9/h2-5,8,10,14H,6-7,15H2,1H3. The second kappa shape index (κ2) is 3.56. The molecule has 0 aliphatic heterocycles. The zero-order valence-electron chi connectivity index (χ0n) is 9.48. The summed E-state index contributed by atoms with van der Waals surface area (Å²) in [5.74, 6) is 0.685. The average molecular weight is 212 g/mol. The summed E-state index contributed by atoms with van der Waals surface area (Å²) in [4.78, 5) is 4.54. The summed E-state index contributed by atoms with van der Waals surface area (Å²) in [6.45, 7) is 2.04. The number of rotatable bonds is 2. The Morgan fingerprint density at radius 1 is 1.31 bits per heavy atom. The molecule has 2 nitrogen and oxygen atoms in total. The monoisotopic (exact) mass is 212 g/mol. The van der Waals surface area contributed by atoms with Gasteiger partial charge in [0.1, 0.15) is 0 Å². The first-order valence-corrected chi connectivity index (χ1v) is 5.87. The fraction of sp³-hybridized carbons (Fsp3) is 0.357. The number of para-hydroxylation sites is 1. The van der Waals surface area contributed by atoms with E-state index in [4.69, 9.17) is 5.73 Å². The Morgan fingerprint density at radius 2 is 2.06 bits per heavy atom. The summed E-state index contributed by atoms with van der Waals surface area (Å²) in [6, 6.07) is 10.6. The SMILES string of the molecule is Cc1cc(C(N)C2CC2)c2ccccc2n1. The lowest BCUT2D eigenvalue weighted by Crippen LogP contribution is -2.13. The molecule has 1 fully saturated rings. The van der Waals surface area contributed by atoms with Crippen LogP contribution >= 0.6 is 0 Å². The van der Waals surface area contributed by atoms with Crippen molar-refractivity contribution < 1.29 is 0 Å². The van der Waals surface area contributed by atoms with Crippen LogP contribution in [-0.2, 0) is 0 Å². The average Bonchev–Trinajstić information content (AvgIpc) is 3.10. The Kier molecular flexibility index (Phi) is 2.18. The Labute approximate surface area is 95.5 Å². The van der Waals surface area contributed by atoms with Crippen molar-refractivity contribution in [3.05, 3.63) is 41.6 Å². The quantitative estimate of drug-likeness (QED) is 0.831. The highest BCUT2D eigenvalue weighted by Gasteiger charge is 2.30. The van der Waals surface area contributed by atoms with Crippen molar-refractivity contribution in [2.45, 2.75) is 25.8 Å². The topological polar surface area (TPSA) is 38.9 Å². The molecule has 1 aromatic heterocycles. The van der Waals surface area contributed by atoms with E-state index in [1.807, 2.05) is 13.0 Å². The van der Waals surface area contributed by atoms with E-state index in [-0.39, 0.29) is 6.04 Å². The highest BCUT2D eigenvalue weighted by atomic mass is 14.7. The minimum absolute atomic E-state index is 0.187. The highest BCUT2D eigenvalue weighted by molar-refractivity contribution is 5.82. The molecule has 2 heteroatoms. The van der Waals surface area contributed by atoms with Crippen LogP contribution in [0.2, 0.25) is 0 Å². The van der Waals surface area contributed by atoms with E-state index in [1.165, 1.54) is 23.8 Å². The third kappa shape index (κ3) is 1.59. The van der Waals surface area contributed by atoms with Crippen molar-refractivity contribution in [2.24, 2.45) is 11.7 Å². The van der Waals surface area contributed by atoms with Crippen LogP contribution < -0.4 is 5.73 Å². The lowest BCUT2D eigenvalue weighted by atomic mass is 9.98. The van der Waals surface area contributed by atoms with Gasteiger partial charge in [-0.2, -0.15) is 0 Å². The molecule has 1 saturated carbocycles. The zero-order valence-corrected chi connectivity index (χ0v) is 9.48. The molecular weight excluding hydrogens is 196 g/mol. The second-order valence-corrected chi connectivity index (χ2v) is 4.73. The van der Waals surface area contributed by atoms with Gasteiger partial charge in [-0.3, -0.25) is 4.98 Å². The number of fused-ring (bicyclic) bond motifs is 1. The maximum Gasteiger partial charge on any atom is 0.0708 e. The molecule has 2 aromatic rings. The highest BCUT2D eigenvalue weighted by Crippen LogP contribution is 2.41. The number of pyridine rings is 1. The van der Waals surface area contributed by atoms with Crippen LogP contribution in [-0.4, -0.2) is 4.98 Å². The third-order valence-electron chi connectivity index (χ3n) is 3.37. The largest absolute Gasteiger partial charge is 0.324 e. The van der Waals surface area contributed by atoms with Gasteiger partial charge >= 0.3 is 0 Å². The molecule has 0 spiro atoms. The molecular formula is C14H16N2. The van der Waals surface area contributed by atoms with E-state index in [1.54, 1.807) is 0 Å². The molecule has 1 unspecified atom stereocenters. The first kappa shape index (κ1) is 9.79. The van der Waals surface area contributed by atoms with Crippen LogP contribution in [0, 0.1) is 12.8 Å². The first-order chi connectivity index (χ1) is 7.75. The van der Waals surface area contributed by atoms with E-state index >= 15 is 0 Å². The van der Waals surface area contributed by atoms with Gasteiger partial charge < -0.3 is 5.73 Å². The van der Waals surface area contributed by atoms with Crippen LogP contribution in [0.25, 0.3) is 10.9 Å². The normalized spacial score (nSPS) is 17.6. The van der Waals surface area contributed by atoms with Crippen LogP contribution in [0.15, 0.2) is 30.3 Å². The van der Waals surface area contributed by atoms with Gasteiger partial charge in [-0.25, -0.2) is 0 Å². The number of aromatic nitrogens is 1. The van der Waals surface area contributed by atoms with Gasteiger partial charge in [-0.15, -0.1) is 0 Å². The van der Waals surface area contributed by atoms with Crippen molar-refractivity contribution in [1.29, 1.82) is 0 Å². The van der Waals surface area contributed by atoms with E-state index in [9.17, 15) is 0 Å². The van der Waals surface area contributed by atoms with Gasteiger partial charge in [0.2, 0.25) is 0 Å². The molecule has 1 aromatic carbocycles. The van der Waals surface area contributed by atoms with Crippen molar-refractivity contribution in [3.8, 4) is 0 Å². The van der Waals surface area contributed by atoms with Crippen LogP contribution in [0.4, 0.5) is 0 Å². The van der Waals surface area contributed by atoms with Crippen molar-refractivity contribution in [2.75, 3.05) is 0 Å². The fourth-order valence-corrected chi connectivity index (χ4v) is 2.33. The molecule has 1 heterocycles. The molecule has 0 amide bonds. The number of benzene rings is 1. The number of nitrogens with zero attached hydrogens (tertiary/aromatic N) is 1. The summed E-state index contributed by atoms with van der Waals surface area (Å²) in [5.41, 5.74) is 9.70. The van der Waals surface area contributed by atoms with E-state index in [0.29, 0.717) is 5.92 Å². The molecule has 1 aliphatic rings. The maximum atomic E-state index is 6.31. The van der Waals surface area contributed by atoms with Gasteiger partial charge in [0, 0.05) is 17.1 Å². The summed E-state index contributed by atoms with van der Waals surface area (Å²) in [7, 11) is 0. The minimum Gasteiger partial charge on any atom is -0.324 e. The first-order valence-electron chi connectivity index (χ1n) is 5.87. The Balaban J connectivity index is 2.20. The van der Waals surface area contributed by atoms with Gasteiger partial charge in [0.05, 0.1) is 5.52 Å². The molecule has 0 saturated heterocycles. The third-order valence-corrected chi connectivity index (χ3v) is 3.37. The van der Waals surface area contributed by atoms with Gasteiger partial charge in [0.25, 0.3) is 0 Å². The number of aryl methyl sites for hydroxylation is 1. The Morgan fingerprint density at radius 3 is 2.81 bits per heavy atom. The number of hydrogen-bond donors (Lipinski definition) is 1. The lowest BCUT2D eigenvalue weighted by molar-refractivity contribution is 0.637. The summed E-state index contributed by atoms with van der Waals surface area (Å²) < 4.78 is 0. The number of nitrogens with two attached hydrogens (primary N) is 1. The van der Waals surface area contributed by atoms with E-state index in [0.717, 1.165) is 11.2 Å². The Hall–Kier alpha value is -1.41. The van der Waals surface area contributed by atoms with Gasteiger partial charge in [-0.05, 0) is 43.4 Å². The molecule has 0 radical (unpaired) electrons. The van der Waals surface area contributed by atoms with Crippen molar-refractivity contribution >= 4 is 10.9 Å². The van der Waals surface area contributed by atoms with Crippen LogP contribution in [0.1, 0.15) is 30.1 Å². The maximum absolute atomic E-state index is 6.31. The second-order valence-electron chi connectivity index (χ2n) is 4.73.